The molecule has 3 aliphatic carbocycles. The summed E-state index contributed by atoms with van der Waals surface area (Å²) in [5, 5.41) is 15.4. The maximum Gasteiger partial charge on any atom is 0.160 e. The van der Waals surface area contributed by atoms with Crippen molar-refractivity contribution in [1.82, 2.24) is 29.9 Å². The van der Waals surface area contributed by atoms with Gasteiger partial charge in [-0.15, -0.1) is 0 Å². The molecule has 28 rings (SSSR count). The molecule has 0 radical (unpaired) electrons. The number of para-hydroxylation sites is 2. The van der Waals surface area contributed by atoms with Crippen LogP contribution in [0.4, 0.5) is 0 Å². The summed E-state index contributed by atoms with van der Waals surface area (Å²) in [5.41, 5.74) is 37.2. The molecule has 3 aromatic heterocycles. The third-order valence-corrected chi connectivity index (χ3v) is 29.8. The van der Waals surface area contributed by atoms with Crippen LogP contribution in [-0.2, 0) is 16.2 Å². The van der Waals surface area contributed by atoms with Crippen molar-refractivity contribution in [2.75, 3.05) is 0 Å². The lowest BCUT2D eigenvalue weighted by atomic mass is 9.66. The Morgan fingerprint density at radius 1 is 0.163 bits per heavy atom. The molecule has 0 spiro atoms. The first kappa shape index (κ1) is 83.7. The van der Waals surface area contributed by atoms with Gasteiger partial charge in [-0.2, -0.15) is 0 Å². The van der Waals surface area contributed by atoms with Gasteiger partial charge in [0.1, 0.15) is 0 Å². The van der Waals surface area contributed by atoms with Gasteiger partial charge in [-0.25, -0.2) is 29.9 Å². The predicted octanol–water partition coefficient (Wildman–Crippen LogP) is 34.6. The van der Waals surface area contributed by atoms with Crippen molar-refractivity contribution in [3.05, 3.63) is 530 Å². The first-order valence-electron chi connectivity index (χ1n) is 48.7. The molecule has 22 aromatic carbocycles. The van der Waals surface area contributed by atoms with Gasteiger partial charge in [0.25, 0.3) is 0 Å². The van der Waals surface area contributed by atoms with E-state index >= 15 is 0 Å². The minimum atomic E-state index is -0.482. The fraction of sp³-hybridized carbons (Fsp3) is 0.0519. The average molecular weight is 1800 g/mol. The standard InChI is InChI=1S/C53H34N2.C43H30N2.C39H28N2/c1-4-16-37(17-5-1)50-46-32-30-35-15-10-11-24-43(35)51(46)55-52(54-50)40-19-14-18-38(33-40)39-28-27-36-29-31-45-44-25-12-13-26-48(44)53(49(45)47(36)34-39,41-20-6-2-7-21-41)42-22-8-3-9-23-42;1-43(2)38-19-7-5-16-34(38)37-25-30-22-21-29(24-32(30)26-39(37)43)28-13-9-14-31(23-28)42-44-40-20-8-6-17-36(40)41(45-42)35-18-10-12-27-11-3-4-15-33(27)35;1-39(2)34-17-8-6-15-31(34)33-23-28-20-19-27(22-30(28)24-35(33)39)26-13-10-14-29(21-26)38-40-36-18-9-7-16-32(36)37(41-38)25-11-4-3-5-12-25/h1-34H;3-26H,1-2H3;3-24H,1-2H3. The number of hydrogen-bond acceptors (Lipinski definition) is 6. The van der Waals surface area contributed by atoms with Crippen LogP contribution < -0.4 is 0 Å². The minimum absolute atomic E-state index is 0.0140. The summed E-state index contributed by atoms with van der Waals surface area (Å²) >= 11 is 0. The van der Waals surface area contributed by atoms with E-state index < -0.39 is 5.41 Å². The molecule has 0 bridgehead atoms. The van der Waals surface area contributed by atoms with E-state index in [0.29, 0.717) is 5.82 Å². The number of nitrogens with zero attached hydrogens (tertiary/aromatic N) is 6. The van der Waals surface area contributed by atoms with Crippen LogP contribution >= 0.6 is 0 Å². The molecule has 3 heterocycles. The first-order chi connectivity index (χ1) is 69.4. The van der Waals surface area contributed by atoms with E-state index in [2.05, 4.69) is 483 Å². The van der Waals surface area contributed by atoms with Crippen molar-refractivity contribution in [2.24, 2.45) is 0 Å². The minimum Gasteiger partial charge on any atom is -0.228 e. The van der Waals surface area contributed by atoms with Crippen molar-refractivity contribution in [1.29, 1.82) is 0 Å². The van der Waals surface area contributed by atoms with Crippen LogP contribution in [0.2, 0.25) is 0 Å². The number of hydrogen-bond donors (Lipinski definition) is 0. The Kier molecular flexibility index (Phi) is 20.1. The lowest BCUT2D eigenvalue weighted by Gasteiger charge is -2.34. The fourth-order valence-corrected chi connectivity index (χ4v) is 22.9. The Morgan fingerprint density at radius 3 is 1.04 bits per heavy atom. The van der Waals surface area contributed by atoms with Crippen molar-refractivity contribution in [2.45, 2.75) is 43.9 Å². The molecule has 141 heavy (non-hydrogen) atoms. The van der Waals surface area contributed by atoms with E-state index in [1.54, 1.807) is 0 Å². The third kappa shape index (κ3) is 14.2. The maximum absolute atomic E-state index is 5.29. The molecule has 3 aliphatic rings. The number of rotatable bonds is 11. The second kappa shape index (κ2) is 33.9. The van der Waals surface area contributed by atoms with Gasteiger partial charge >= 0.3 is 0 Å². The van der Waals surface area contributed by atoms with Crippen LogP contribution in [0.25, 0.3) is 221 Å². The molecular formula is C135H92N6. The zero-order valence-corrected chi connectivity index (χ0v) is 78.4. The second-order valence-corrected chi connectivity index (χ2v) is 38.6. The zero-order valence-electron chi connectivity index (χ0n) is 78.4. The molecule has 0 amide bonds. The molecule has 6 nitrogen and oxygen atoms in total. The van der Waals surface area contributed by atoms with Gasteiger partial charge < -0.3 is 0 Å². The Hall–Kier alpha value is -17.8. The summed E-state index contributed by atoms with van der Waals surface area (Å²) in [6, 6.07) is 175. The van der Waals surface area contributed by atoms with Gasteiger partial charge in [-0.3, -0.25) is 0 Å². The lowest BCUT2D eigenvalue weighted by Crippen LogP contribution is -2.28. The van der Waals surface area contributed by atoms with Crippen molar-refractivity contribution in [3.63, 3.8) is 0 Å². The Bertz CT molecular complexity index is 9330. The summed E-state index contributed by atoms with van der Waals surface area (Å²) in [5.74, 6) is 2.19. The predicted molar refractivity (Wildman–Crippen MR) is 588 cm³/mol. The van der Waals surface area contributed by atoms with Gasteiger partial charge in [-0.1, -0.05) is 434 Å². The van der Waals surface area contributed by atoms with E-state index in [9.17, 15) is 0 Å². The second-order valence-electron chi connectivity index (χ2n) is 38.6. The zero-order chi connectivity index (χ0) is 94.0. The lowest BCUT2D eigenvalue weighted by molar-refractivity contribution is 0.661. The molecule has 25 aromatic rings. The molecule has 0 N–H and O–H groups in total. The van der Waals surface area contributed by atoms with E-state index in [0.717, 1.165) is 122 Å². The van der Waals surface area contributed by atoms with Gasteiger partial charge in [0.2, 0.25) is 0 Å². The fourth-order valence-electron chi connectivity index (χ4n) is 22.9. The maximum atomic E-state index is 5.29. The quantitative estimate of drug-likeness (QED) is 0.120. The summed E-state index contributed by atoms with van der Waals surface area (Å²) in [6.07, 6.45) is 0. The molecule has 662 valence electrons. The van der Waals surface area contributed by atoms with Crippen molar-refractivity contribution in [3.8, 4) is 135 Å². The molecule has 0 saturated heterocycles. The van der Waals surface area contributed by atoms with E-state index in [1.165, 1.54) is 137 Å². The Balaban J connectivity index is 0.000000110. The highest BCUT2D eigenvalue weighted by atomic mass is 14.9. The van der Waals surface area contributed by atoms with Crippen LogP contribution in [0.3, 0.4) is 0 Å². The summed E-state index contributed by atoms with van der Waals surface area (Å²) in [4.78, 5) is 30.9. The molecular weight excluding hydrogens is 1710 g/mol. The summed E-state index contributed by atoms with van der Waals surface area (Å²) in [6.45, 7) is 9.36. The highest BCUT2D eigenvalue weighted by molar-refractivity contribution is 6.11. The molecule has 0 unspecified atom stereocenters. The van der Waals surface area contributed by atoms with Crippen molar-refractivity contribution < 1.29 is 0 Å². The summed E-state index contributed by atoms with van der Waals surface area (Å²) in [7, 11) is 0. The largest absolute Gasteiger partial charge is 0.228 e. The first-order valence-corrected chi connectivity index (χ1v) is 48.7. The Labute approximate surface area is 819 Å². The average Bonchev–Trinajstić information content (AvgIpc) is 1.52. The number of aromatic nitrogens is 6. The van der Waals surface area contributed by atoms with Crippen LogP contribution in [-0.4, -0.2) is 29.9 Å². The van der Waals surface area contributed by atoms with Crippen LogP contribution in [0.15, 0.2) is 485 Å². The highest BCUT2D eigenvalue weighted by Gasteiger charge is 2.47. The van der Waals surface area contributed by atoms with E-state index in [1.807, 2.05) is 30.3 Å². The molecule has 0 fully saturated rings. The van der Waals surface area contributed by atoms with Crippen molar-refractivity contribution >= 4 is 86.6 Å². The SMILES string of the molecule is CC1(C)c2ccccc2-c2cc3ccc(-c4cccc(-c5nc(-c6cccc7ccccc67)c6ccccc6n5)c4)cc3cc21.CC1(C)c2ccccc2-c2cc3ccc(-c4cccc(-c5nc(-c6ccccc6)c6ccccc6n5)c4)cc3cc21.c1ccc(-c2nc(-c3cccc(-c4ccc5ccc6c(c5c4)C(c4ccccc4)(c4ccccc4)c4ccccc4-6)c3)nc3c2ccc2ccccc23)cc1. The molecule has 0 atom stereocenters. The smallest absolute Gasteiger partial charge is 0.160 e. The van der Waals surface area contributed by atoms with Gasteiger partial charge in [0.05, 0.1) is 39.0 Å². The van der Waals surface area contributed by atoms with Gasteiger partial charge in [-0.05, 0) is 239 Å². The Morgan fingerprint density at radius 2 is 0.511 bits per heavy atom. The van der Waals surface area contributed by atoms with Crippen LogP contribution in [0.1, 0.15) is 72.2 Å². The van der Waals surface area contributed by atoms with Crippen LogP contribution in [0.5, 0.6) is 0 Å². The molecule has 0 saturated carbocycles. The molecule has 0 aliphatic heterocycles. The number of fused-ring (bicyclic) bond motifs is 19. The molecule has 6 heteroatoms. The van der Waals surface area contributed by atoms with E-state index in [-0.39, 0.29) is 10.8 Å². The normalized spacial score (nSPS) is 13.1. The van der Waals surface area contributed by atoms with Gasteiger partial charge in [0.15, 0.2) is 17.5 Å². The third-order valence-electron chi connectivity index (χ3n) is 29.8. The monoisotopic (exact) mass is 1800 g/mol. The van der Waals surface area contributed by atoms with Crippen LogP contribution in [0, 0.1) is 0 Å². The summed E-state index contributed by atoms with van der Waals surface area (Å²) < 4.78 is 0. The highest BCUT2D eigenvalue weighted by Crippen LogP contribution is 2.59. The number of benzene rings is 22. The topological polar surface area (TPSA) is 77.3 Å². The van der Waals surface area contributed by atoms with Gasteiger partial charge in [0, 0.05) is 65.8 Å². The van der Waals surface area contributed by atoms with E-state index in [4.69, 9.17) is 29.9 Å².